The SMILES string of the molecule is O=C1OCN(C(=O)OCC2c3ccccc3-c3ccccc32)[C@H]1Cc1ccccc1C(F)(F)F. The summed E-state index contributed by atoms with van der Waals surface area (Å²) in [5.41, 5.74) is 3.26. The average molecular weight is 467 g/mol. The molecule has 1 amide bonds. The van der Waals surface area contributed by atoms with E-state index in [-0.39, 0.29) is 31.2 Å². The minimum atomic E-state index is -4.58. The second-order valence-electron chi connectivity index (χ2n) is 8.24. The molecule has 1 atom stereocenters. The van der Waals surface area contributed by atoms with Crippen LogP contribution in [0.2, 0.25) is 0 Å². The zero-order valence-electron chi connectivity index (χ0n) is 17.9. The van der Waals surface area contributed by atoms with Gasteiger partial charge in [0.05, 0.1) is 5.56 Å². The summed E-state index contributed by atoms with van der Waals surface area (Å²) >= 11 is 0. The minimum Gasteiger partial charge on any atom is -0.448 e. The summed E-state index contributed by atoms with van der Waals surface area (Å²) in [6.45, 7) is -0.336. The minimum absolute atomic E-state index is 0.0312. The molecule has 1 fully saturated rings. The molecule has 3 aromatic carbocycles. The van der Waals surface area contributed by atoms with Crippen LogP contribution in [0.3, 0.4) is 0 Å². The summed E-state index contributed by atoms with van der Waals surface area (Å²) in [7, 11) is 0. The van der Waals surface area contributed by atoms with E-state index in [0.29, 0.717) is 0 Å². The van der Waals surface area contributed by atoms with Crippen LogP contribution in [0.5, 0.6) is 0 Å². The summed E-state index contributed by atoms with van der Waals surface area (Å²) in [6.07, 6.45) is -5.70. The second-order valence-corrected chi connectivity index (χ2v) is 8.24. The molecule has 0 N–H and O–H groups in total. The highest BCUT2D eigenvalue weighted by molar-refractivity contribution is 5.84. The van der Waals surface area contributed by atoms with Gasteiger partial charge in [-0.2, -0.15) is 13.2 Å². The molecular weight excluding hydrogens is 447 g/mol. The van der Waals surface area contributed by atoms with E-state index < -0.39 is 29.8 Å². The van der Waals surface area contributed by atoms with Crippen LogP contribution in [-0.4, -0.2) is 36.3 Å². The van der Waals surface area contributed by atoms with Gasteiger partial charge in [-0.1, -0.05) is 66.7 Å². The van der Waals surface area contributed by atoms with Crippen LogP contribution in [0.1, 0.15) is 28.2 Å². The van der Waals surface area contributed by atoms with Crippen molar-refractivity contribution in [3.63, 3.8) is 0 Å². The number of hydrogen-bond donors (Lipinski definition) is 0. The highest BCUT2D eigenvalue weighted by Gasteiger charge is 2.42. The first kappa shape index (κ1) is 22.0. The molecule has 1 aliphatic carbocycles. The number of rotatable bonds is 4. The number of carbonyl (C=O) groups is 2. The molecule has 8 heteroatoms. The van der Waals surface area contributed by atoms with Gasteiger partial charge < -0.3 is 9.47 Å². The lowest BCUT2D eigenvalue weighted by atomic mass is 9.98. The van der Waals surface area contributed by atoms with Crippen LogP contribution in [0, 0.1) is 0 Å². The number of nitrogens with zero attached hydrogens (tertiary/aromatic N) is 1. The fourth-order valence-corrected chi connectivity index (χ4v) is 4.68. The van der Waals surface area contributed by atoms with Crippen LogP contribution >= 0.6 is 0 Å². The van der Waals surface area contributed by atoms with E-state index in [1.54, 1.807) is 0 Å². The Balaban J connectivity index is 1.33. The molecule has 0 aromatic heterocycles. The summed E-state index contributed by atoms with van der Waals surface area (Å²) in [5, 5.41) is 0. The maximum absolute atomic E-state index is 13.4. The lowest BCUT2D eigenvalue weighted by molar-refractivity contribution is -0.141. The zero-order chi connectivity index (χ0) is 23.9. The fraction of sp³-hybridized carbons (Fsp3) is 0.231. The predicted molar refractivity (Wildman–Crippen MR) is 117 cm³/mol. The number of esters is 1. The molecule has 3 aromatic rings. The fourth-order valence-electron chi connectivity index (χ4n) is 4.68. The van der Waals surface area contributed by atoms with Crippen LogP contribution < -0.4 is 0 Å². The van der Waals surface area contributed by atoms with Gasteiger partial charge in [-0.25, -0.2) is 9.59 Å². The van der Waals surface area contributed by atoms with Crippen molar-refractivity contribution in [3.8, 4) is 11.1 Å². The monoisotopic (exact) mass is 467 g/mol. The number of cyclic esters (lactones) is 1. The molecule has 1 heterocycles. The van der Waals surface area contributed by atoms with E-state index in [1.807, 2.05) is 48.5 Å². The Morgan fingerprint density at radius 2 is 1.53 bits per heavy atom. The number of hydrogen-bond acceptors (Lipinski definition) is 4. The standard InChI is InChI=1S/C26H20F3NO4/c27-26(28,29)22-12-6-1-7-16(22)13-23-24(31)34-15-30(23)25(32)33-14-21-19-10-4-2-8-17(19)18-9-3-5-11-20(18)21/h1-12,21,23H,13-15H2/t23-/m0/s1. The average Bonchev–Trinajstić information content (AvgIpc) is 3.35. The summed E-state index contributed by atoms with van der Waals surface area (Å²) in [4.78, 5) is 26.2. The molecule has 0 bridgehead atoms. The topological polar surface area (TPSA) is 55.8 Å². The highest BCUT2D eigenvalue weighted by atomic mass is 19.4. The number of ether oxygens (including phenoxy) is 2. The van der Waals surface area contributed by atoms with Crippen molar-refractivity contribution in [2.45, 2.75) is 24.6 Å². The smallest absolute Gasteiger partial charge is 0.416 e. The van der Waals surface area contributed by atoms with E-state index in [1.165, 1.54) is 18.2 Å². The van der Waals surface area contributed by atoms with Crippen molar-refractivity contribution in [1.82, 2.24) is 4.90 Å². The molecule has 0 unspecified atom stereocenters. The number of halogens is 3. The molecule has 174 valence electrons. The zero-order valence-corrected chi connectivity index (χ0v) is 17.9. The van der Waals surface area contributed by atoms with Gasteiger partial charge in [-0.15, -0.1) is 0 Å². The van der Waals surface area contributed by atoms with Gasteiger partial charge >= 0.3 is 18.2 Å². The molecular formula is C26H20F3NO4. The molecule has 0 spiro atoms. The van der Waals surface area contributed by atoms with Crippen LogP contribution in [0.25, 0.3) is 11.1 Å². The van der Waals surface area contributed by atoms with Crippen molar-refractivity contribution in [2.75, 3.05) is 13.3 Å². The van der Waals surface area contributed by atoms with Crippen molar-refractivity contribution in [3.05, 3.63) is 95.1 Å². The number of alkyl halides is 3. The lowest BCUT2D eigenvalue weighted by Crippen LogP contribution is -2.40. The molecule has 0 saturated carbocycles. The summed E-state index contributed by atoms with van der Waals surface area (Å²) < 4.78 is 50.7. The van der Waals surface area contributed by atoms with E-state index >= 15 is 0 Å². The number of benzene rings is 3. The molecule has 2 aliphatic rings. The summed E-state index contributed by atoms with van der Waals surface area (Å²) in [5.74, 6) is -0.939. The molecule has 1 saturated heterocycles. The Morgan fingerprint density at radius 1 is 0.941 bits per heavy atom. The van der Waals surface area contributed by atoms with Crippen LogP contribution in [0.15, 0.2) is 72.8 Å². The normalized spacial score (nSPS) is 17.3. The largest absolute Gasteiger partial charge is 0.448 e. The quantitative estimate of drug-likeness (QED) is 0.484. The first-order valence-electron chi connectivity index (χ1n) is 10.8. The molecule has 1 aliphatic heterocycles. The van der Waals surface area contributed by atoms with Gasteiger partial charge in [0.2, 0.25) is 0 Å². The Hall–Kier alpha value is -3.81. The van der Waals surface area contributed by atoms with Gasteiger partial charge in [0.25, 0.3) is 0 Å². The maximum Gasteiger partial charge on any atom is 0.416 e. The highest BCUT2D eigenvalue weighted by Crippen LogP contribution is 2.44. The van der Waals surface area contributed by atoms with Gasteiger partial charge in [-0.3, -0.25) is 4.90 Å². The lowest BCUT2D eigenvalue weighted by Gasteiger charge is -2.22. The van der Waals surface area contributed by atoms with Crippen molar-refractivity contribution in [2.24, 2.45) is 0 Å². The van der Waals surface area contributed by atoms with E-state index in [4.69, 9.17) is 9.47 Å². The Labute approximate surface area is 193 Å². The van der Waals surface area contributed by atoms with Crippen LogP contribution in [-0.2, 0) is 26.9 Å². The molecule has 0 radical (unpaired) electrons. The summed E-state index contributed by atoms with van der Waals surface area (Å²) in [6, 6.07) is 19.5. The molecule has 34 heavy (non-hydrogen) atoms. The molecule has 5 nitrogen and oxygen atoms in total. The molecule has 5 rings (SSSR count). The third-order valence-corrected chi connectivity index (χ3v) is 6.30. The second kappa shape index (κ2) is 8.52. The number of amides is 1. The van der Waals surface area contributed by atoms with Crippen molar-refractivity contribution < 1.29 is 32.2 Å². The van der Waals surface area contributed by atoms with Gasteiger partial charge in [0.1, 0.15) is 12.6 Å². The maximum atomic E-state index is 13.4. The first-order valence-corrected chi connectivity index (χ1v) is 10.8. The number of fused-ring (bicyclic) bond motifs is 3. The van der Waals surface area contributed by atoms with E-state index in [9.17, 15) is 22.8 Å². The van der Waals surface area contributed by atoms with Crippen LogP contribution in [0.4, 0.5) is 18.0 Å². The first-order chi connectivity index (χ1) is 16.3. The van der Waals surface area contributed by atoms with Crippen molar-refractivity contribution in [1.29, 1.82) is 0 Å². The predicted octanol–water partition coefficient (Wildman–Crippen LogP) is 5.38. The Kier molecular flexibility index (Phi) is 5.51. The van der Waals surface area contributed by atoms with Gasteiger partial charge in [0.15, 0.2) is 6.73 Å². The van der Waals surface area contributed by atoms with E-state index in [2.05, 4.69) is 0 Å². The Bertz CT molecular complexity index is 1210. The van der Waals surface area contributed by atoms with Gasteiger partial charge in [-0.05, 0) is 33.9 Å². The third-order valence-electron chi connectivity index (χ3n) is 6.30. The Morgan fingerprint density at radius 3 is 2.18 bits per heavy atom. The third kappa shape index (κ3) is 3.89. The van der Waals surface area contributed by atoms with Gasteiger partial charge in [0, 0.05) is 12.3 Å². The van der Waals surface area contributed by atoms with E-state index in [0.717, 1.165) is 33.2 Å². The van der Waals surface area contributed by atoms with Crippen molar-refractivity contribution >= 4 is 12.1 Å². The number of carbonyl (C=O) groups excluding carboxylic acids is 2.